The van der Waals surface area contributed by atoms with Crippen LogP contribution in [0.25, 0.3) is 0 Å². The number of likely N-dealkylation sites (N-methyl/N-ethyl adjacent to an activating group) is 1. The molecule has 1 heterocycles. The lowest BCUT2D eigenvalue weighted by Crippen LogP contribution is -2.51. The van der Waals surface area contributed by atoms with Gasteiger partial charge in [-0.25, -0.2) is 4.39 Å². The van der Waals surface area contributed by atoms with Gasteiger partial charge in [-0.05, 0) is 54.2 Å². The number of rotatable bonds is 8. The molecule has 0 aliphatic carbocycles. The van der Waals surface area contributed by atoms with Crippen LogP contribution in [0.5, 0.6) is 5.75 Å². The third kappa shape index (κ3) is 5.46. The summed E-state index contributed by atoms with van der Waals surface area (Å²) in [5.41, 5.74) is 2.23. The quantitative estimate of drug-likeness (QED) is 0.367. The van der Waals surface area contributed by atoms with Gasteiger partial charge in [0.2, 0.25) is 11.8 Å². The van der Waals surface area contributed by atoms with Crippen LogP contribution in [-0.4, -0.2) is 43.2 Å². The Morgan fingerprint density at radius 2 is 2.10 bits per heavy atom. The maximum atomic E-state index is 14.2. The van der Waals surface area contributed by atoms with Crippen molar-refractivity contribution in [1.82, 2.24) is 10.2 Å². The van der Waals surface area contributed by atoms with E-state index in [0.717, 1.165) is 16.6 Å². The van der Waals surface area contributed by atoms with Crippen LogP contribution in [0.4, 0.5) is 10.1 Å². The van der Waals surface area contributed by atoms with Gasteiger partial charge in [-0.15, -0.1) is 9.24 Å². The molecule has 0 radical (unpaired) electrons. The van der Waals surface area contributed by atoms with Crippen LogP contribution in [0.1, 0.15) is 34.3 Å². The number of amides is 2. The molecule has 2 amide bonds. The Labute approximate surface area is 182 Å². The van der Waals surface area contributed by atoms with Crippen LogP contribution in [0.15, 0.2) is 30.3 Å². The van der Waals surface area contributed by atoms with E-state index in [2.05, 4.69) is 19.9 Å². The third-order valence-electron chi connectivity index (χ3n) is 5.35. The van der Waals surface area contributed by atoms with E-state index in [4.69, 9.17) is 4.74 Å². The molecule has 2 N–H and O–H groups in total. The van der Waals surface area contributed by atoms with Gasteiger partial charge in [-0.1, -0.05) is 6.07 Å². The maximum absolute atomic E-state index is 14.2. The standard InChI is InChI=1S/C22H25FN3O4P/c1-26(19-5-6-21(28)25-22(19)29)11-17-14(12-27)7-15(23)8-18(17)24-10-13-3-4-16(30-2)9-20(13)31/h3-4,7-9,12,19,24H,5-6,10-11,31H2,1-2H3,(H,25,28,29). The number of anilines is 1. The highest BCUT2D eigenvalue weighted by Crippen LogP contribution is 2.25. The Morgan fingerprint density at radius 3 is 2.74 bits per heavy atom. The first kappa shape index (κ1) is 22.8. The smallest absolute Gasteiger partial charge is 0.243 e. The summed E-state index contributed by atoms with van der Waals surface area (Å²) in [5, 5.41) is 6.48. The van der Waals surface area contributed by atoms with E-state index in [-0.39, 0.29) is 30.3 Å². The molecule has 1 aliphatic rings. The highest BCUT2D eigenvalue weighted by atomic mass is 31.0. The second kappa shape index (κ2) is 9.98. The second-order valence-corrected chi connectivity index (χ2v) is 8.06. The number of halogens is 1. The zero-order chi connectivity index (χ0) is 22.5. The van der Waals surface area contributed by atoms with Crippen LogP contribution in [0.3, 0.4) is 0 Å². The number of benzene rings is 2. The molecule has 2 unspecified atom stereocenters. The second-order valence-electron chi connectivity index (χ2n) is 7.44. The molecule has 2 atom stereocenters. The summed E-state index contributed by atoms with van der Waals surface area (Å²) in [6.45, 7) is 0.638. The molecule has 3 rings (SSSR count). The summed E-state index contributed by atoms with van der Waals surface area (Å²) in [5.74, 6) is -0.457. The first-order chi connectivity index (χ1) is 14.8. The molecule has 9 heteroatoms. The first-order valence-corrected chi connectivity index (χ1v) is 10.4. The minimum absolute atomic E-state index is 0.211. The minimum atomic E-state index is -0.530. The van der Waals surface area contributed by atoms with E-state index in [1.54, 1.807) is 19.1 Å². The van der Waals surface area contributed by atoms with E-state index in [1.165, 1.54) is 12.1 Å². The molecule has 2 aromatic rings. The number of aldehydes is 1. The van der Waals surface area contributed by atoms with E-state index in [0.29, 0.717) is 30.5 Å². The highest BCUT2D eigenvalue weighted by Gasteiger charge is 2.30. The summed E-state index contributed by atoms with van der Waals surface area (Å²) in [6, 6.07) is 7.64. The van der Waals surface area contributed by atoms with Crippen molar-refractivity contribution in [3.8, 4) is 5.75 Å². The van der Waals surface area contributed by atoms with E-state index in [9.17, 15) is 18.8 Å². The topological polar surface area (TPSA) is 87.7 Å². The van der Waals surface area contributed by atoms with Crippen LogP contribution >= 0.6 is 9.24 Å². The van der Waals surface area contributed by atoms with Crippen molar-refractivity contribution in [1.29, 1.82) is 0 Å². The molecule has 0 bridgehead atoms. The molecule has 2 aromatic carbocycles. The monoisotopic (exact) mass is 445 g/mol. The summed E-state index contributed by atoms with van der Waals surface area (Å²) in [7, 11) is 5.98. The summed E-state index contributed by atoms with van der Waals surface area (Å²) < 4.78 is 19.4. The van der Waals surface area contributed by atoms with Crippen molar-refractivity contribution < 1.29 is 23.5 Å². The summed E-state index contributed by atoms with van der Waals surface area (Å²) in [4.78, 5) is 37.0. The number of methoxy groups -OCH3 is 1. The van der Waals surface area contributed by atoms with Crippen LogP contribution in [0, 0.1) is 5.82 Å². The molecule has 0 saturated carbocycles. The molecule has 0 aromatic heterocycles. The molecule has 1 saturated heterocycles. The maximum Gasteiger partial charge on any atom is 0.243 e. The van der Waals surface area contributed by atoms with E-state index in [1.807, 2.05) is 18.2 Å². The Kier molecular flexibility index (Phi) is 7.36. The number of piperidine rings is 1. The summed E-state index contributed by atoms with van der Waals surface area (Å²) in [6.07, 6.45) is 1.25. The van der Waals surface area contributed by atoms with Gasteiger partial charge in [0, 0.05) is 30.8 Å². The lowest BCUT2D eigenvalue weighted by molar-refractivity contribution is -0.137. The number of nitrogens with zero attached hydrogens (tertiary/aromatic N) is 1. The van der Waals surface area contributed by atoms with Gasteiger partial charge < -0.3 is 10.1 Å². The molecule has 31 heavy (non-hydrogen) atoms. The normalized spacial score (nSPS) is 16.2. The van der Waals surface area contributed by atoms with Crippen molar-refractivity contribution in [2.24, 2.45) is 0 Å². The molecule has 1 fully saturated rings. The van der Waals surface area contributed by atoms with Crippen molar-refractivity contribution in [2.45, 2.75) is 32.0 Å². The van der Waals surface area contributed by atoms with Crippen molar-refractivity contribution in [3.05, 3.63) is 52.8 Å². The molecule has 0 spiro atoms. The number of hydrogen-bond donors (Lipinski definition) is 2. The Balaban J connectivity index is 1.83. The van der Waals surface area contributed by atoms with Gasteiger partial charge in [-0.3, -0.25) is 24.6 Å². The highest BCUT2D eigenvalue weighted by molar-refractivity contribution is 7.27. The van der Waals surface area contributed by atoms with Gasteiger partial charge in [-0.2, -0.15) is 0 Å². The van der Waals surface area contributed by atoms with Gasteiger partial charge >= 0.3 is 0 Å². The van der Waals surface area contributed by atoms with Crippen LogP contribution < -0.4 is 20.7 Å². The lowest BCUT2D eigenvalue weighted by atomic mass is 10.0. The molecular formula is C22H25FN3O4P. The van der Waals surface area contributed by atoms with Gasteiger partial charge in [0.15, 0.2) is 6.29 Å². The fourth-order valence-corrected chi connectivity index (χ4v) is 3.97. The summed E-state index contributed by atoms with van der Waals surface area (Å²) >= 11 is 0. The average molecular weight is 445 g/mol. The number of carbonyl (C=O) groups is 3. The lowest BCUT2D eigenvalue weighted by Gasteiger charge is -2.30. The number of carbonyl (C=O) groups excluding carboxylic acids is 3. The SMILES string of the molecule is COc1ccc(CNc2cc(F)cc(C=O)c2CN(C)C2CCC(=O)NC2=O)c(P)c1. The molecule has 1 aliphatic heterocycles. The van der Waals surface area contributed by atoms with Crippen LogP contribution in [0.2, 0.25) is 0 Å². The Hall–Kier alpha value is -2.83. The molecule has 164 valence electrons. The largest absolute Gasteiger partial charge is 0.497 e. The predicted octanol–water partition coefficient (Wildman–Crippen LogP) is 2.00. The third-order valence-corrected chi connectivity index (χ3v) is 5.89. The number of ether oxygens (including phenoxy) is 1. The van der Waals surface area contributed by atoms with Crippen molar-refractivity contribution >= 4 is 38.3 Å². The fraction of sp³-hybridized carbons (Fsp3) is 0.318. The average Bonchev–Trinajstić information content (AvgIpc) is 2.73. The van der Waals surface area contributed by atoms with Crippen LogP contribution in [-0.2, 0) is 22.7 Å². The van der Waals surface area contributed by atoms with Gasteiger partial charge in [0.1, 0.15) is 11.6 Å². The van der Waals surface area contributed by atoms with Crippen molar-refractivity contribution in [3.63, 3.8) is 0 Å². The predicted molar refractivity (Wildman–Crippen MR) is 119 cm³/mol. The fourth-order valence-electron chi connectivity index (χ4n) is 3.61. The zero-order valence-corrected chi connectivity index (χ0v) is 18.6. The molecule has 7 nitrogen and oxygen atoms in total. The van der Waals surface area contributed by atoms with Crippen molar-refractivity contribution in [2.75, 3.05) is 19.5 Å². The van der Waals surface area contributed by atoms with Gasteiger partial charge in [0.05, 0.1) is 13.2 Å². The van der Waals surface area contributed by atoms with E-state index < -0.39 is 11.9 Å². The Bertz CT molecular complexity index is 1010. The van der Waals surface area contributed by atoms with E-state index >= 15 is 0 Å². The number of hydrogen-bond acceptors (Lipinski definition) is 6. The number of imide groups is 1. The Morgan fingerprint density at radius 1 is 1.32 bits per heavy atom. The molecular weight excluding hydrogens is 420 g/mol. The first-order valence-electron chi connectivity index (χ1n) is 9.80. The minimum Gasteiger partial charge on any atom is -0.497 e. The number of nitrogens with one attached hydrogen (secondary N) is 2. The zero-order valence-electron chi connectivity index (χ0n) is 17.4. The van der Waals surface area contributed by atoms with Gasteiger partial charge in [0.25, 0.3) is 0 Å².